The molecule has 4 rings (SSSR count). The van der Waals surface area contributed by atoms with E-state index in [9.17, 15) is 14.7 Å². The normalized spacial score (nSPS) is 43.6. The number of allylic oxidation sites excluding steroid dienone is 1. The fourth-order valence-corrected chi connectivity index (χ4v) is 6.12. The predicted molar refractivity (Wildman–Crippen MR) is 89.0 cm³/mol. The molecule has 1 aliphatic heterocycles. The van der Waals surface area contributed by atoms with E-state index in [0.717, 1.165) is 24.8 Å². The summed E-state index contributed by atoms with van der Waals surface area (Å²) < 4.78 is 5.64. The van der Waals surface area contributed by atoms with Crippen molar-refractivity contribution >= 4 is 11.8 Å². The highest BCUT2D eigenvalue weighted by molar-refractivity contribution is 6.15. The van der Waals surface area contributed by atoms with Crippen LogP contribution >= 0.6 is 0 Å². The number of aliphatic hydroxyl groups excluding tert-OH is 1. The number of rotatable bonds is 0. The second-order valence-corrected chi connectivity index (χ2v) is 8.96. The van der Waals surface area contributed by atoms with Gasteiger partial charge in [-0.3, -0.25) is 4.79 Å². The first-order valence-electron chi connectivity index (χ1n) is 9.03. The number of aliphatic hydroxyl groups is 1. The number of Topliss-reactive ketones (excluding diaryl/α,β-unsaturated/α-hetero) is 1. The Balaban J connectivity index is 1.89. The lowest BCUT2D eigenvalue weighted by Crippen LogP contribution is -2.60. The monoisotopic (exact) mass is 330 g/mol. The minimum absolute atomic E-state index is 0.121. The van der Waals surface area contributed by atoms with Gasteiger partial charge in [0.2, 0.25) is 0 Å². The second kappa shape index (κ2) is 4.81. The molecule has 4 heteroatoms. The molecule has 0 radical (unpaired) electrons. The Morgan fingerprint density at radius 2 is 1.92 bits per heavy atom. The summed E-state index contributed by atoms with van der Waals surface area (Å²) in [7, 11) is 0. The maximum absolute atomic E-state index is 13.0. The SMILES string of the molecule is CC1=C2C(=O)C3=CC[C@@H]4C(C)(C)CCCC4(C)C3[C@@H](OC1=O)[C@H]2O. The van der Waals surface area contributed by atoms with Crippen molar-refractivity contribution in [3.8, 4) is 0 Å². The van der Waals surface area contributed by atoms with Crippen molar-refractivity contribution in [2.75, 3.05) is 0 Å². The van der Waals surface area contributed by atoms with Gasteiger partial charge in [0.1, 0.15) is 12.2 Å². The van der Waals surface area contributed by atoms with Crippen molar-refractivity contribution < 1.29 is 19.4 Å². The van der Waals surface area contributed by atoms with Crippen LogP contribution < -0.4 is 0 Å². The summed E-state index contributed by atoms with van der Waals surface area (Å²) in [6, 6.07) is 0. The Labute approximate surface area is 143 Å². The zero-order valence-electron chi connectivity index (χ0n) is 14.9. The quantitative estimate of drug-likeness (QED) is 0.694. The maximum atomic E-state index is 13.0. The molecule has 2 saturated carbocycles. The molecule has 2 unspecified atom stereocenters. The molecule has 4 aliphatic rings. The van der Waals surface area contributed by atoms with E-state index in [0.29, 0.717) is 5.92 Å². The molecule has 0 spiro atoms. The van der Waals surface area contributed by atoms with Crippen LogP contribution in [0.4, 0.5) is 0 Å². The molecule has 2 fully saturated rings. The van der Waals surface area contributed by atoms with Gasteiger partial charge < -0.3 is 9.84 Å². The van der Waals surface area contributed by atoms with Crippen LogP contribution in [0, 0.1) is 22.7 Å². The fraction of sp³-hybridized carbons (Fsp3) is 0.700. The van der Waals surface area contributed by atoms with Crippen molar-refractivity contribution in [2.45, 2.75) is 65.6 Å². The Hall–Kier alpha value is -1.42. The highest BCUT2D eigenvalue weighted by Gasteiger charge is 2.61. The standard InChI is InChI=1S/C20H26O4/c1-10-13-15(21)11-6-7-12-19(2,3)8-5-9-20(12,4)14(11)17(16(13)22)24-18(10)23/h6,12,14,16-17,22H,5,7-9H2,1-4H3/t12-,14?,16+,17-,20?/m1/s1. The van der Waals surface area contributed by atoms with E-state index in [1.54, 1.807) is 6.92 Å². The number of hydrogen-bond acceptors (Lipinski definition) is 4. The summed E-state index contributed by atoms with van der Waals surface area (Å²) in [5.41, 5.74) is 1.36. The van der Waals surface area contributed by atoms with Crippen molar-refractivity contribution in [3.05, 3.63) is 22.8 Å². The summed E-state index contributed by atoms with van der Waals surface area (Å²) in [5, 5.41) is 10.7. The molecule has 1 heterocycles. The first-order chi connectivity index (χ1) is 11.2. The van der Waals surface area contributed by atoms with Gasteiger partial charge in [-0.1, -0.05) is 33.3 Å². The Morgan fingerprint density at radius 3 is 2.62 bits per heavy atom. The zero-order chi connectivity index (χ0) is 17.4. The largest absolute Gasteiger partial charge is 0.455 e. The van der Waals surface area contributed by atoms with Crippen LogP contribution in [0.15, 0.2) is 22.8 Å². The lowest BCUT2D eigenvalue weighted by atomic mass is 9.46. The number of carbonyl (C=O) groups excluding carboxylic acids is 2. The van der Waals surface area contributed by atoms with Gasteiger partial charge >= 0.3 is 5.97 Å². The summed E-state index contributed by atoms with van der Waals surface area (Å²) in [6.07, 6.45) is 4.64. The molecular formula is C20H26O4. The van der Waals surface area contributed by atoms with E-state index in [2.05, 4.69) is 26.8 Å². The van der Waals surface area contributed by atoms with E-state index < -0.39 is 18.2 Å². The average Bonchev–Trinajstić information content (AvgIpc) is 2.48. The molecule has 1 N–H and O–H groups in total. The Bertz CT molecular complexity index is 698. The van der Waals surface area contributed by atoms with Crippen molar-refractivity contribution in [3.63, 3.8) is 0 Å². The van der Waals surface area contributed by atoms with Gasteiger partial charge in [-0.2, -0.15) is 0 Å². The van der Waals surface area contributed by atoms with Gasteiger partial charge in [0, 0.05) is 22.6 Å². The number of fused-ring (bicyclic) bond motifs is 6. The summed E-state index contributed by atoms with van der Waals surface area (Å²) in [5.74, 6) is -0.353. The zero-order valence-corrected chi connectivity index (χ0v) is 14.9. The van der Waals surface area contributed by atoms with Crippen LogP contribution in [0.3, 0.4) is 0 Å². The second-order valence-electron chi connectivity index (χ2n) is 8.96. The van der Waals surface area contributed by atoms with Crippen molar-refractivity contribution in [1.82, 2.24) is 0 Å². The molecule has 5 atom stereocenters. The number of hydrogen-bond donors (Lipinski definition) is 1. The lowest BCUT2D eigenvalue weighted by molar-refractivity contribution is -0.171. The average molecular weight is 330 g/mol. The van der Waals surface area contributed by atoms with Crippen LogP contribution in [0.25, 0.3) is 0 Å². The lowest BCUT2D eigenvalue weighted by Gasteiger charge is -2.59. The third-order valence-electron chi connectivity index (χ3n) is 7.29. The molecule has 3 aliphatic carbocycles. The number of carbonyl (C=O) groups is 2. The van der Waals surface area contributed by atoms with Crippen molar-refractivity contribution in [1.29, 1.82) is 0 Å². The first-order valence-corrected chi connectivity index (χ1v) is 9.03. The highest BCUT2D eigenvalue weighted by Crippen LogP contribution is 2.62. The number of ketones is 1. The molecule has 0 aromatic rings. The first kappa shape index (κ1) is 16.1. The van der Waals surface area contributed by atoms with Crippen LogP contribution in [0.1, 0.15) is 53.4 Å². The molecule has 0 saturated heterocycles. The Kier molecular flexibility index (Phi) is 3.22. The molecule has 130 valence electrons. The van der Waals surface area contributed by atoms with Crippen LogP contribution in [-0.2, 0) is 14.3 Å². The summed E-state index contributed by atoms with van der Waals surface area (Å²) >= 11 is 0. The molecule has 4 nitrogen and oxygen atoms in total. The Morgan fingerprint density at radius 1 is 1.21 bits per heavy atom. The van der Waals surface area contributed by atoms with E-state index in [1.807, 2.05) is 0 Å². The minimum atomic E-state index is -0.988. The summed E-state index contributed by atoms with van der Waals surface area (Å²) in [6.45, 7) is 8.42. The number of ether oxygens (including phenoxy) is 1. The van der Waals surface area contributed by atoms with Gasteiger partial charge in [-0.25, -0.2) is 4.79 Å². The predicted octanol–water partition coefficient (Wildman–Crippen LogP) is 2.95. The van der Waals surface area contributed by atoms with E-state index >= 15 is 0 Å². The number of esters is 1. The third kappa shape index (κ3) is 1.83. The summed E-state index contributed by atoms with van der Waals surface area (Å²) in [4.78, 5) is 25.2. The van der Waals surface area contributed by atoms with Crippen LogP contribution in [-0.4, -0.2) is 29.1 Å². The molecular weight excluding hydrogens is 304 g/mol. The van der Waals surface area contributed by atoms with Gasteiger partial charge in [0.05, 0.1) is 0 Å². The van der Waals surface area contributed by atoms with E-state index in [4.69, 9.17) is 4.74 Å². The van der Waals surface area contributed by atoms with Gasteiger partial charge in [-0.15, -0.1) is 0 Å². The van der Waals surface area contributed by atoms with Crippen LogP contribution in [0.5, 0.6) is 0 Å². The third-order valence-corrected chi connectivity index (χ3v) is 7.29. The van der Waals surface area contributed by atoms with E-state index in [1.165, 1.54) is 6.42 Å². The van der Waals surface area contributed by atoms with Crippen LogP contribution in [0.2, 0.25) is 0 Å². The van der Waals surface area contributed by atoms with Gasteiger partial charge in [0.15, 0.2) is 5.78 Å². The maximum Gasteiger partial charge on any atom is 0.334 e. The topological polar surface area (TPSA) is 63.6 Å². The molecule has 24 heavy (non-hydrogen) atoms. The molecule has 2 bridgehead atoms. The molecule has 0 aromatic carbocycles. The van der Waals surface area contributed by atoms with Crippen molar-refractivity contribution in [2.24, 2.45) is 22.7 Å². The van der Waals surface area contributed by atoms with Gasteiger partial charge in [0.25, 0.3) is 0 Å². The highest BCUT2D eigenvalue weighted by atomic mass is 16.6. The van der Waals surface area contributed by atoms with E-state index in [-0.39, 0.29) is 33.7 Å². The minimum Gasteiger partial charge on any atom is -0.455 e. The molecule has 0 amide bonds. The molecule has 0 aromatic heterocycles. The fourth-order valence-electron chi connectivity index (χ4n) is 6.12. The smallest absolute Gasteiger partial charge is 0.334 e. The van der Waals surface area contributed by atoms with Gasteiger partial charge in [-0.05, 0) is 42.9 Å².